The predicted molar refractivity (Wildman–Crippen MR) is 88.8 cm³/mol. The van der Waals surface area contributed by atoms with Crippen LogP contribution in [0.4, 0.5) is 0 Å². The Morgan fingerprint density at radius 3 is 2.92 bits per heavy atom. The normalized spacial score (nSPS) is 19.5. The second-order valence-corrected chi connectivity index (χ2v) is 6.80. The molecule has 4 rings (SSSR count). The molecule has 0 unspecified atom stereocenters. The van der Waals surface area contributed by atoms with Crippen molar-refractivity contribution in [1.29, 1.82) is 0 Å². The van der Waals surface area contributed by atoms with Gasteiger partial charge >= 0.3 is 0 Å². The number of amides is 1. The zero-order valence-electron chi connectivity index (χ0n) is 14.4. The number of piperidine rings is 1. The molecule has 1 atom stereocenters. The first-order valence-corrected chi connectivity index (χ1v) is 8.64. The summed E-state index contributed by atoms with van der Waals surface area (Å²) >= 11 is 0. The highest BCUT2D eigenvalue weighted by atomic mass is 16.7. The molecule has 1 aromatic heterocycles. The van der Waals surface area contributed by atoms with Crippen molar-refractivity contribution in [2.24, 2.45) is 0 Å². The molecule has 1 fully saturated rings. The van der Waals surface area contributed by atoms with E-state index in [4.69, 9.17) is 14.0 Å². The highest BCUT2D eigenvalue weighted by molar-refractivity contribution is 5.95. The molecule has 25 heavy (non-hydrogen) atoms. The van der Waals surface area contributed by atoms with Crippen molar-refractivity contribution in [2.45, 2.75) is 38.5 Å². The monoisotopic (exact) mass is 343 g/mol. The van der Waals surface area contributed by atoms with Gasteiger partial charge in [-0.15, -0.1) is 0 Å². The van der Waals surface area contributed by atoms with Gasteiger partial charge in [0.2, 0.25) is 12.7 Å². The Labute approximate surface area is 145 Å². The molecule has 1 amide bonds. The van der Waals surface area contributed by atoms with Crippen LogP contribution in [0, 0.1) is 0 Å². The van der Waals surface area contributed by atoms with Gasteiger partial charge in [-0.2, -0.15) is 4.98 Å². The fourth-order valence-electron chi connectivity index (χ4n) is 3.22. The number of likely N-dealkylation sites (tertiary alicyclic amines) is 1. The minimum atomic E-state index is -0.00778. The molecule has 0 radical (unpaired) electrons. The Balaban J connectivity index is 1.49. The number of aromatic nitrogens is 2. The third-order valence-electron chi connectivity index (χ3n) is 4.65. The third-order valence-corrected chi connectivity index (χ3v) is 4.65. The summed E-state index contributed by atoms with van der Waals surface area (Å²) in [6.07, 6.45) is 1.87. The van der Waals surface area contributed by atoms with Gasteiger partial charge in [-0.25, -0.2) is 0 Å². The van der Waals surface area contributed by atoms with Crippen LogP contribution in [0.15, 0.2) is 22.7 Å². The van der Waals surface area contributed by atoms with Gasteiger partial charge in [-0.1, -0.05) is 19.0 Å². The van der Waals surface area contributed by atoms with Crippen molar-refractivity contribution >= 4 is 5.91 Å². The summed E-state index contributed by atoms with van der Waals surface area (Å²) in [4.78, 5) is 19.2. The first-order chi connectivity index (χ1) is 12.1. The summed E-state index contributed by atoms with van der Waals surface area (Å²) < 4.78 is 16.1. The lowest BCUT2D eigenvalue weighted by atomic mass is 9.97. The van der Waals surface area contributed by atoms with Crippen molar-refractivity contribution in [1.82, 2.24) is 15.0 Å². The minimum absolute atomic E-state index is 0.00778. The largest absolute Gasteiger partial charge is 0.454 e. The van der Waals surface area contributed by atoms with E-state index in [0.29, 0.717) is 35.3 Å². The number of fused-ring (bicyclic) bond motifs is 1. The number of carbonyl (C=O) groups is 1. The Morgan fingerprint density at radius 1 is 1.28 bits per heavy atom. The summed E-state index contributed by atoms with van der Waals surface area (Å²) in [5, 5.41) is 4.04. The van der Waals surface area contributed by atoms with Gasteiger partial charge in [0.25, 0.3) is 5.91 Å². The molecule has 2 aliphatic heterocycles. The zero-order chi connectivity index (χ0) is 17.4. The van der Waals surface area contributed by atoms with Crippen molar-refractivity contribution in [2.75, 3.05) is 19.9 Å². The van der Waals surface area contributed by atoms with E-state index in [1.54, 1.807) is 18.2 Å². The molecular weight excluding hydrogens is 322 g/mol. The van der Waals surface area contributed by atoms with Gasteiger partial charge in [0.15, 0.2) is 17.3 Å². The average molecular weight is 343 g/mol. The maximum absolute atomic E-state index is 12.9. The van der Waals surface area contributed by atoms with Crippen molar-refractivity contribution in [3.8, 4) is 11.5 Å². The zero-order valence-corrected chi connectivity index (χ0v) is 14.4. The summed E-state index contributed by atoms with van der Waals surface area (Å²) in [6.45, 7) is 5.59. The number of ether oxygens (including phenoxy) is 2. The number of hydrogen-bond donors (Lipinski definition) is 0. The van der Waals surface area contributed by atoms with Crippen LogP contribution >= 0.6 is 0 Å². The molecule has 2 aromatic rings. The molecule has 1 aromatic carbocycles. The maximum atomic E-state index is 12.9. The number of hydrogen-bond acceptors (Lipinski definition) is 6. The fourth-order valence-corrected chi connectivity index (χ4v) is 3.22. The van der Waals surface area contributed by atoms with E-state index in [0.717, 1.165) is 19.4 Å². The second-order valence-electron chi connectivity index (χ2n) is 6.80. The summed E-state index contributed by atoms with van der Waals surface area (Å²) in [5.74, 6) is 2.96. The topological polar surface area (TPSA) is 77.7 Å². The van der Waals surface area contributed by atoms with Crippen LogP contribution in [0.25, 0.3) is 0 Å². The van der Waals surface area contributed by atoms with Crippen LogP contribution in [-0.2, 0) is 0 Å². The lowest BCUT2D eigenvalue weighted by Gasteiger charge is -2.31. The lowest BCUT2D eigenvalue weighted by Crippen LogP contribution is -2.39. The highest BCUT2D eigenvalue weighted by Crippen LogP contribution is 2.34. The summed E-state index contributed by atoms with van der Waals surface area (Å²) in [5.41, 5.74) is 0.610. The number of carbonyl (C=O) groups excluding carboxylic acids is 1. The number of rotatable bonds is 3. The lowest BCUT2D eigenvalue weighted by molar-refractivity contribution is 0.0695. The average Bonchev–Trinajstić information content (AvgIpc) is 3.30. The van der Waals surface area contributed by atoms with E-state index < -0.39 is 0 Å². The SMILES string of the molecule is CC(C)c1noc([C@@H]2CCCN(C(=O)c3ccc4c(c3)OCO4)C2)n1. The standard InChI is InChI=1S/C18H21N3O4/c1-11(2)16-19-17(25-20-16)13-4-3-7-21(9-13)18(22)12-5-6-14-15(8-12)24-10-23-14/h5-6,8,11,13H,3-4,7,9-10H2,1-2H3/t13-/m1/s1. The van der Waals surface area contributed by atoms with Crippen LogP contribution in [-0.4, -0.2) is 40.8 Å². The van der Waals surface area contributed by atoms with Gasteiger partial charge in [0.1, 0.15) is 0 Å². The molecule has 1 saturated heterocycles. The molecular formula is C18H21N3O4. The predicted octanol–water partition coefficient (Wildman–Crippen LogP) is 2.94. The molecule has 0 aliphatic carbocycles. The minimum Gasteiger partial charge on any atom is -0.454 e. The van der Waals surface area contributed by atoms with Gasteiger partial charge in [-0.3, -0.25) is 4.79 Å². The number of nitrogens with zero attached hydrogens (tertiary/aromatic N) is 3. The van der Waals surface area contributed by atoms with Crippen LogP contribution in [0.1, 0.15) is 60.6 Å². The number of benzene rings is 1. The second kappa shape index (κ2) is 6.38. The Hall–Kier alpha value is -2.57. The molecule has 7 heteroatoms. The Bertz CT molecular complexity index is 786. The van der Waals surface area contributed by atoms with Gasteiger partial charge in [-0.05, 0) is 31.0 Å². The highest BCUT2D eigenvalue weighted by Gasteiger charge is 2.30. The molecule has 0 spiro atoms. The Kier molecular flexibility index (Phi) is 4.07. The maximum Gasteiger partial charge on any atom is 0.254 e. The van der Waals surface area contributed by atoms with E-state index >= 15 is 0 Å². The Morgan fingerprint density at radius 2 is 2.12 bits per heavy atom. The molecule has 2 aliphatic rings. The molecule has 3 heterocycles. The van der Waals surface area contributed by atoms with Crippen LogP contribution in [0.5, 0.6) is 11.5 Å². The van der Waals surface area contributed by atoms with Gasteiger partial charge < -0.3 is 18.9 Å². The van der Waals surface area contributed by atoms with Crippen molar-refractivity contribution in [3.05, 3.63) is 35.5 Å². The first kappa shape index (κ1) is 15.9. The molecule has 0 bridgehead atoms. The molecule has 0 saturated carbocycles. The van der Waals surface area contributed by atoms with Crippen LogP contribution in [0.3, 0.4) is 0 Å². The van der Waals surface area contributed by atoms with E-state index in [1.807, 2.05) is 18.7 Å². The van der Waals surface area contributed by atoms with E-state index in [-0.39, 0.29) is 24.5 Å². The van der Waals surface area contributed by atoms with Crippen molar-refractivity contribution in [3.63, 3.8) is 0 Å². The first-order valence-electron chi connectivity index (χ1n) is 8.64. The van der Waals surface area contributed by atoms with E-state index in [2.05, 4.69) is 10.1 Å². The molecule has 0 N–H and O–H groups in total. The smallest absolute Gasteiger partial charge is 0.254 e. The summed E-state index contributed by atoms with van der Waals surface area (Å²) in [7, 11) is 0. The third kappa shape index (κ3) is 3.06. The quantitative estimate of drug-likeness (QED) is 0.853. The summed E-state index contributed by atoms with van der Waals surface area (Å²) in [6, 6.07) is 5.31. The van der Waals surface area contributed by atoms with Gasteiger partial charge in [0.05, 0.1) is 5.92 Å². The van der Waals surface area contributed by atoms with E-state index in [1.165, 1.54) is 0 Å². The molecule has 7 nitrogen and oxygen atoms in total. The van der Waals surface area contributed by atoms with Gasteiger partial charge in [0, 0.05) is 24.6 Å². The molecule has 132 valence electrons. The van der Waals surface area contributed by atoms with Crippen LogP contribution < -0.4 is 9.47 Å². The van der Waals surface area contributed by atoms with E-state index in [9.17, 15) is 4.79 Å². The fraction of sp³-hybridized carbons (Fsp3) is 0.500. The van der Waals surface area contributed by atoms with Crippen LogP contribution in [0.2, 0.25) is 0 Å². The van der Waals surface area contributed by atoms with Crippen molar-refractivity contribution < 1.29 is 18.8 Å².